The van der Waals surface area contributed by atoms with Crippen LogP contribution in [0, 0.1) is 0 Å². The van der Waals surface area contributed by atoms with E-state index in [1.165, 1.54) is 13.2 Å². The van der Waals surface area contributed by atoms with Crippen LogP contribution in [-0.2, 0) is 10.2 Å². The summed E-state index contributed by atoms with van der Waals surface area (Å²) < 4.78 is 10.3. The highest BCUT2D eigenvalue weighted by Gasteiger charge is 2.29. The van der Waals surface area contributed by atoms with Crippen molar-refractivity contribution in [2.45, 2.75) is 38.7 Å². The van der Waals surface area contributed by atoms with Crippen LogP contribution in [0.5, 0.6) is 11.5 Å². The van der Waals surface area contributed by atoms with E-state index in [4.69, 9.17) is 15.2 Å². The number of amides is 1. The van der Waals surface area contributed by atoms with Crippen molar-refractivity contribution >= 4 is 6.09 Å². The van der Waals surface area contributed by atoms with Gasteiger partial charge in [-0.15, -0.1) is 0 Å². The summed E-state index contributed by atoms with van der Waals surface area (Å²) in [5.74, 6) is 0.638. The highest BCUT2D eigenvalue weighted by Crippen LogP contribution is 2.33. The number of methoxy groups -OCH3 is 1. The van der Waals surface area contributed by atoms with E-state index in [9.17, 15) is 9.90 Å². The number of alkyl carbamates (subject to hydrolysis) is 1. The smallest absolute Gasteiger partial charge is 0.407 e. The zero-order valence-electron chi connectivity index (χ0n) is 13.9. The molecule has 22 heavy (non-hydrogen) atoms. The predicted octanol–water partition coefficient (Wildman–Crippen LogP) is 2.14. The molecule has 1 aromatic carbocycles. The number of benzene rings is 1. The first-order chi connectivity index (χ1) is 10.1. The minimum atomic E-state index is -0.618. The van der Waals surface area contributed by atoms with E-state index in [0.717, 1.165) is 0 Å². The number of carbonyl (C=O) groups excluding carboxylic acids is 1. The fourth-order valence-corrected chi connectivity index (χ4v) is 2.01. The van der Waals surface area contributed by atoms with Crippen molar-refractivity contribution in [3.05, 3.63) is 23.8 Å². The molecule has 0 saturated carbocycles. The first-order valence-corrected chi connectivity index (χ1v) is 7.16. The Morgan fingerprint density at radius 2 is 1.95 bits per heavy atom. The number of ether oxygens (including phenoxy) is 2. The van der Waals surface area contributed by atoms with Gasteiger partial charge in [0.1, 0.15) is 17.1 Å². The summed E-state index contributed by atoms with van der Waals surface area (Å²) >= 11 is 0. The molecule has 0 bridgehead atoms. The highest BCUT2D eigenvalue weighted by molar-refractivity contribution is 5.68. The van der Waals surface area contributed by atoms with Crippen LogP contribution < -0.4 is 15.8 Å². The zero-order chi connectivity index (χ0) is 17.0. The number of phenolic OH excluding ortho intramolecular Hbond substituents is 1. The van der Waals surface area contributed by atoms with Crippen LogP contribution in [0.1, 0.15) is 33.3 Å². The summed E-state index contributed by atoms with van der Waals surface area (Å²) in [6, 6.07) is 5.02. The molecule has 0 heterocycles. The minimum absolute atomic E-state index is 0.0817. The number of carbonyl (C=O) groups is 1. The maximum absolute atomic E-state index is 11.8. The largest absolute Gasteiger partial charge is 0.508 e. The molecule has 0 saturated heterocycles. The van der Waals surface area contributed by atoms with Crippen LogP contribution >= 0.6 is 0 Å². The van der Waals surface area contributed by atoms with Gasteiger partial charge in [-0.25, -0.2) is 4.79 Å². The number of rotatable bonds is 5. The number of hydrogen-bond acceptors (Lipinski definition) is 5. The van der Waals surface area contributed by atoms with Crippen LogP contribution in [0.15, 0.2) is 18.2 Å². The van der Waals surface area contributed by atoms with Gasteiger partial charge in [-0.2, -0.15) is 0 Å². The number of hydrogen-bond donors (Lipinski definition) is 3. The van der Waals surface area contributed by atoms with E-state index in [2.05, 4.69) is 5.32 Å². The summed E-state index contributed by atoms with van der Waals surface area (Å²) in [6.07, 6.45) is -0.514. The fraction of sp³-hybridized carbons (Fsp3) is 0.562. The second-order valence-electron chi connectivity index (χ2n) is 6.50. The van der Waals surface area contributed by atoms with Gasteiger partial charge in [-0.05, 0) is 26.8 Å². The Morgan fingerprint density at radius 1 is 1.32 bits per heavy atom. The van der Waals surface area contributed by atoms with Crippen molar-refractivity contribution in [3.63, 3.8) is 0 Å². The Hall–Kier alpha value is -1.95. The third-order valence-corrected chi connectivity index (χ3v) is 3.33. The summed E-state index contributed by atoms with van der Waals surface area (Å²) in [6.45, 7) is 7.75. The molecule has 124 valence electrons. The van der Waals surface area contributed by atoms with E-state index in [1.807, 2.05) is 6.92 Å². The topological polar surface area (TPSA) is 93.8 Å². The van der Waals surface area contributed by atoms with E-state index >= 15 is 0 Å². The van der Waals surface area contributed by atoms with Gasteiger partial charge in [0.15, 0.2) is 0 Å². The molecule has 6 heteroatoms. The van der Waals surface area contributed by atoms with Crippen molar-refractivity contribution in [2.24, 2.45) is 5.73 Å². The third-order valence-electron chi connectivity index (χ3n) is 3.33. The lowest BCUT2D eigenvalue weighted by Crippen LogP contribution is -2.45. The summed E-state index contributed by atoms with van der Waals surface area (Å²) in [7, 11) is 1.53. The van der Waals surface area contributed by atoms with Crippen LogP contribution in [0.4, 0.5) is 4.79 Å². The Balaban J connectivity index is 2.86. The number of aromatic hydroxyl groups is 1. The third kappa shape index (κ3) is 4.80. The molecule has 0 radical (unpaired) electrons. The Labute approximate surface area is 131 Å². The Bertz CT molecular complexity index is 525. The van der Waals surface area contributed by atoms with Gasteiger partial charge in [0.05, 0.1) is 7.11 Å². The number of nitrogens with one attached hydrogen (secondary N) is 1. The molecule has 1 rings (SSSR count). The fourth-order valence-electron chi connectivity index (χ4n) is 2.01. The molecule has 0 aliphatic carbocycles. The minimum Gasteiger partial charge on any atom is -0.508 e. The molecule has 1 atom stereocenters. The molecule has 1 amide bonds. The van der Waals surface area contributed by atoms with E-state index in [1.54, 1.807) is 32.9 Å². The Kier molecular flexibility index (Phi) is 5.65. The van der Waals surface area contributed by atoms with Gasteiger partial charge in [-0.1, -0.05) is 13.0 Å². The van der Waals surface area contributed by atoms with Crippen molar-refractivity contribution in [3.8, 4) is 11.5 Å². The second kappa shape index (κ2) is 6.87. The number of nitrogens with two attached hydrogens (primary N) is 1. The second-order valence-corrected chi connectivity index (χ2v) is 6.50. The highest BCUT2D eigenvalue weighted by atomic mass is 16.6. The SMILES string of the molecule is COc1ccc(C(C)(CN)CNC(=O)OC(C)(C)C)c(O)c1. The van der Waals surface area contributed by atoms with Gasteiger partial charge in [0.2, 0.25) is 0 Å². The van der Waals surface area contributed by atoms with E-state index in [-0.39, 0.29) is 18.8 Å². The van der Waals surface area contributed by atoms with Crippen LogP contribution in [0.3, 0.4) is 0 Å². The summed E-state index contributed by atoms with van der Waals surface area (Å²) in [5.41, 5.74) is 5.32. The molecule has 0 fully saturated rings. The van der Waals surface area contributed by atoms with Gasteiger partial charge in [0, 0.05) is 30.1 Å². The van der Waals surface area contributed by atoms with Crippen LogP contribution in [0.2, 0.25) is 0 Å². The molecule has 0 aliphatic rings. The lowest BCUT2D eigenvalue weighted by Gasteiger charge is -2.30. The van der Waals surface area contributed by atoms with E-state index in [0.29, 0.717) is 11.3 Å². The maximum Gasteiger partial charge on any atom is 0.407 e. The Morgan fingerprint density at radius 3 is 2.41 bits per heavy atom. The number of phenols is 1. The monoisotopic (exact) mass is 310 g/mol. The first-order valence-electron chi connectivity index (χ1n) is 7.16. The van der Waals surface area contributed by atoms with Crippen molar-refractivity contribution < 1.29 is 19.4 Å². The van der Waals surface area contributed by atoms with E-state index < -0.39 is 17.1 Å². The first kappa shape index (κ1) is 18.1. The normalized spacial score (nSPS) is 14.1. The van der Waals surface area contributed by atoms with Gasteiger partial charge in [-0.3, -0.25) is 0 Å². The molecular weight excluding hydrogens is 284 g/mol. The quantitative estimate of drug-likeness (QED) is 0.774. The molecule has 1 unspecified atom stereocenters. The average molecular weight is 310 g/mol. The molecule has 1 aromatic rings. The molecule has 0 aromatic heterocycles. The van der Waals surface area contributed by atoms with Crippen molar-refractivity contribution in [2.75, 3.05) is 20.2 Å². The standard InChI is InChI=1S/C16H26N2O4/c1-15(2,3)22-14(20)18-10-16(4,9-17)12-7-6-11(21-5)8-13(12)19/h6-8,19H,9-10,17H2,1-5H3,(H,18,20). The van der Waals surface area contributed by atoms with Crippen LogP contribution in [0.25, 0.3) is 0 Å². The molecular formula is C16H26N2O4. The lowest BCUT2D eigenvalue weighted by molar-refractivity contribution is 0.0516. The zero-order valence-corrected chi connectivity index (χ0v) is 13.9. The summed E-state index contributed by atoms with van der Waals surface area (Å²) in [5, 5.41) is 12.9. The molecule has 6 nitrogen and oxygen atoms in total. The average Bonchev–Trinajstić information content (AvgIpc) is 2.42. The predicted molar refractivity (Wildman–Crippen MR) is 85.3 cm³/mol. The van der Waals surface area contributed by atoms with Crippen molar-refractivity contribution in [1.82, 2.24) is 5.32 Å². The molecule has 4 N–H and O–H groups in total. The molecule has 0 aliphatic heterocycles. The van der Waals surface area contributed by atoms with Crippen LogP contribution in [-0.4, -0.2) is 37.0 Å². The van der Waals surface area contributed by atoms with Gasteiger partial charge < -0.3 is 25.6 Å². The summed E-state index contributed by atoms with van der Waals surface area (Å²) in [4.78, 5) is 11.8. The maximum atomic E-state index is 11.8. The molecule has 0 spiro atoms. The van der Waals surface area contributed by atoms with Gasteiger partial charge >= 0.3 is 6.09 Å². The van der Waals surface area contributed by atoms with Crippen molar-refractivity contribution in [1.29, 1.82) is 0 Å². The van der Waals surface area contributed by atoms with Gasteiger partial charge in [0.25, 0.3) is 0 Å². The lowest BCUT2D eigenvalue weighted by atomic mass is 9.82.